The van der Waals surface area contributed by atoms with E-state index in [9.17, 15) is 0 Å². The van der Waals surface area contributed by atoms with Crippen molar-refractivity contribution in [3.63, 3.8) is 0 Å². The lowest BCUT2D eigenvalue weighted by atomic mass is 10.1. The van der Waals surface area contributed by atoms with Crippen molar-refractivity contribution in [1.82, 2.24) is 4.90 Å². The fourth-order valence-corrected chi connectivity index (χ4v) is 1.98. The molecule has 1 aliphatic heterocycles. The lowest BCUT2D eigenvalue weighted by Gasteiger charge is -2.35. The zero-order valence-corrected chi connectivity index (χ0v) is 10.1. The minimum atomic E-state index is 0.351. The van der Waals surface area contributed by atoms with Gasteiger partial charge in [-0.15, -0.1) is 0 Å². The molecular weight excluding hydrogens is 160 g/mol. The number of nitrogens with zero attached hydrogens (tertiary/aromatic N) is 2. The molecule has 1 saturated heterocycles. The smallest absolute Gasteiger partial charge is 0.102 e. The highest BCUT2D eigenvalue weighted by molar-refractivity contribution is 4.85. The van der Waals surface area contributed by atoms with Crippen molar-refractivity contribution in [2.24, 2.45) is 0 Å². The third kappa shape index (κ3) is 2.68. The van der Waals surface area contributed by atoms with Crippen molar-refractivity contribution < 1.29 is 4.48 Å². The van der Waals surface area contributed by atoms with Crippen LogP contribution in [0.3, 0.4) is 0 Å². The van der Waals surface area contributed by atoms with Crippen LogP contribution in [-0.4, -0.2) is 55.2 Å². The molecule has 1 rings (SSSR count). The molecule has 0 aromatic rings. The number of likely N-dealkylation sites (N-methyl/N-ethyl adjacent to an activating group) is 1. The molecule has 0 spiro atoms. The van der Waals surface area contributed by atoms with Gasteiger partial charge < -0.3 is 4.48 Å². The monoisotopic (exact) mass is 185 g/mol. The fraction of sp³-hybridized carbons (Fsp3) is 1.00. The molecule has 0 saturated carbocycles. The van der Waals surface area contributed by atoms with Gasteiger partial charge in [-0.2, -0.15) is 0 Å². The van der Waals surface area contributed by atoms with E-state index in [1.54, 1.807) is 0 Å². The van der Waals surface area contributed by atoms with Crippen molar-refractivity contribution >= 4 is 0 Å². The van der Waals surface area contributed by atoms with E-state index in [1.807, 2.05) is 0 Å². The number of likely N-dealkylation sites (tertiary alicyclic amines) is 1. The Kier molecular flexibility index (Phi) is 2.75. The summed E-state index contributed by atoms with van der Waals surface area (Å²) in [7, 11) is 6.91. The van der Waals surface area contributed by atoms with Gasteiger partial charge in [-0.1, -0.05) is 0 Å². The van der Waals surface area contributed by atoms with Gasteiger partial charge in [0.1, 0.15) is 6.04 Å². The van der Waals surface area contributed by atoms with Crippen LogP contribution in [0.2, 0.25) is 0 Å². The minimum Gasteiger partial charge on any atom is -0.327 e. The van der Waals surface area contributed by atoms with Crippen molar-refractivity contribution in [2.75, 3.05) is 34.2 Å². The third-order valence-electron chi connectivity index (χ3n) is 3.21. The summed E-state index contributed by atoms with van der Waals surface area (Å²) < 4.78 is 1.10. The van der Waals surface area contributed by atoms with Crippen LogP contribution in [0.15, 0.2) is 0 Å². The van der Waals surface area contributed by atoms with Gasteiger partial charge in [0.15, 0.2) is 0 Å². The van der Waals surface area contributed by atoms with Gasteiger partial charge in [0.05, 0.1) is 27.7 Å². The predicted octanol–water partition coefficient (Wildman–Crippen LogP) is 1.57. The van der Waals surface area contributed by atoms with Crippen molar-refractivity contribution in [3.8, 4) is 0 Å². The quantitative estimate of drug-likeness (QED) is 0.560. The molecule has 0 radical (unpaired) electrons. The molecule has 2 nitrogen and oxygen atoms in total. The van der Waals surface area contributed by atoms with Crippen LogP contribution < -0.4 is 0 Å². The molecular formula is C11H25N2+. The second-order valence-electron chi connectivity index (χ2n) is 6.18. The first-order chi connectivity index (χ1) is 5.71. The van der Waals surface area contributed by atoms with Gasteiger partial charge in [0.2, 0.25) is 0 Å². The lowest BCUT2D eigenvalue weighted by Crippen LogP contribution is -2.48. The second kappa shape index (κ2) is 3.25. The fourth-order valence-electron chi connectivity index (χ4n) is 1.98. The van der Waals surface area contributed by atoms with Crippen LogP contribution in [0.5, 0.6) is 0 Å². The van der Waals surface area contributed by atoms with E-state index < -0.39 is 0 Å². The summed E-state index contributed by atoms with van der Waals surface area (Å²) in [5, 5.41) is 0. The second-order valence-corrected chi connectivity index (χ2v) is 6.18. The maximum absolute atomic E-state index is 2.60. The average molecular weight is 185 g/mol. The van der Waals surface area contributed by atoms with E-state index in [2.05, 4.69) is 46.8 Å². The van der Waals surface area contributed by atoms with E-state index in [-0.39, 0.29) is 0 Å². The first-order valence-corrected chi connectivity index (χ1v) is 5.27. The first kappa shape index (κ1) is 11.0. The summed E-state index contributed by atoms with van der Waals surface area (Å²) in [4.78, 5) is 2.60. The Labute approximate surface area is 83.1 Å². The Morgan fingerprint density at radius 2 is 1.69 bits per heavy atom. The number of hydrogen-bond acceptors (Lipinski definition) is 1. The zero-order valence-electron chi connectivity index (χ0n) is 10.1. The predicted molar refractivity (Wildman–Crippen MR) is 57.8 cm³/mol. The first-order valence-electron chi connectivity index (χ1n) is 5.27. The van der Waals surface area contributed by atoms with Crippen molar-refractivity contribution in [3.05, 3.63) is 0 Å². The number of rotatable bonds is 1. The van der Waals surface area contributed by atoms with E-state index in [0.29, 0.717) is 5.54 Å². The van der Waals surface area contributed by atoms with E-state index in [4.69, 9.17) is 0 Å². The average Bonchev–Trinajstić information content (AvgIpc) is 2.28. The van der Waals surface area contributed by atoms with Crippen molar-refractivity contribution in [1.29, 1.82) is 0 Å². The summed E-state index contributed by atoms with van der Waals surface area (Å²) in [5.41, 5.74) is 0.351. The Bertz CT molecular complexity index is 154. The molecule has 2 heteroatoms. The molecule has 1 heterocycles. The molecule has 1 unspecified atom stereocenters. The van der Waals surface area contributed by atoms with Gasteiger partial charge in [-0.25, -0.2) is 0 Å². The molecule has 78 valence electrons. The summed E-state index contributed by atoms with van der Waals surface area (Å²) in [5.74, 6) is 0. The third-order valence-corrected chi connectivity index (χ3v) is 3.21. The maximum Gasteiger partial charge on any atom is 0.102 e. The van der Waals surface area contributed by atoms with Crippen LogP contribution in [-0.2, 0) is 0 Å². The molecule has 0 aliphatic carbocycles. The SMILES string of the molecule is CC(C)(C)N1CCC([N+](C)(C)C)C1. The highest BCUT2D eigenvalue weighted by Gasteiger charge is 2.36. The van der Waals surface area contributed by atoms with Crippen LogP contribution in [0.1, 0.15) is 27.2 Å². The Hall–Kier alpha value is -0.0800. The van der Waals surface area contributed by atoms with E-state index >= 15 is 0 Å². The molecule has 1 aliphatic rings. The Balaban J connectivity index is 2.55. The van der Waals surface area contributed by atoms with Crippen LogP contribution in [0.25, 0.3) is 0 Å². The van der Waals surface area contributed by atoms with Gasteiger partial charge in [-0.3, -0.25) is 4.90 Å². The Morgan fingerprint density at radius 3 is 1.92 bits per heavy atom. The van der Waals surface area contributed by atoms with Gasteiger partial charge in [0, 0.05) is 18.5 Å². The van der Waals surface area contributed by atoms with Crippen LogP contribution in [0.4, 0.5) is 0 Å². The van der Waals surface area contributed by atoms with Gasteiger partial charge in [-0.05, 0) is 20.8 Å². The lowest BCUT2D eigenvalue weighted by molar-refractivity contribution is -0.893. The molecule has 0 aromatic carbocycles. The van der Waals surface area contributed by atoms with Crippen molar-refractivity contribution in [2.45, 2.75) is 38.8 Å². The zero-order chi connectivity index (χ0) is 10.3. The highest BCUT2D eigenvalue weighted by atomic mass is 15.4. The molecule has 0 bridgehead atoms. The molecule has 0 aromatic heterocycles. The number of hydrogen-bond donors (Lipinski definition) is 0. The standard InChI is InChI=1S/C11H25N2/c1-11(2,3)12-8-7-10(9-12)13(4,5)6/h10H,7-9H2,1-6H3/q+1. The summed E-state index contributed by atoms with van der Waals surface area (Å²) in [6.45, 7) is 9.46. The topological polar surface area (TPSA) is 3.24 Å². The molecule has 1 fully saturated rings. The largest absolute Gasteiger partial charge is 0.327 e. The maximum atomic E-state index is 2.60. The minimum absolute atomic E-state index is 0.351. The van der Waals surface area contributed by atoms with E-state index in [0.717, 1.165) is 10.5 Å². The summed E-state index contributed by atoms with van der Waals surface area (Å²) in [6.07, 6.45) is 1.35. The normalized spacial score (nSPS) is 26.8. The van der Waals surface area contributed by atoms with Gasteiger partial charge in [0.25, 0.3) is 0 Å². The highest BCUT2D eigenvalue weighted by Crippen LogP contribution is 2.24. The van der Waals surface area contributed by atoms with E-state index in [1.165, 1.54) is 19.5 Å². The Morgan fingerprint density at radius 1 is 1.15 bits per heavy atom. The number of quaternary nitrogens is 1. The van der Waals surface area contributed by atoms with Gasteiger partial charge >= 0.3 is 0 Å². The molecule has 0 amide bonds. The molecule has 13 heavy (non-hydrogen) atoms. The van der Waals surface area contributed by atoms with Crippen LogP contribution in [0, 0.1) is 0 Å². The molecule has 0 N–H and O–H groups in total. The van der Waals surface area contributed by atoms with Crippen LogP contribution >= 0.6 is 0 Å². The summed E-state index contributed by atoms with van der Waals surface area (Å²) >= 11 is 0. The summed E-state index contributed by atoms with van der Waals surface area (Å²) in [6, 6.07) is 0.819. The molecule has 1 atom stereocenters.